The van der Waals surface area contributed by atoms with Crippen LogP contribution in [-0.4, -0.2) is 43.4 Å². The summed E-state index contributed by atoms with van der Waals surface area (Å²) in [7, 11) is 2.04. The van der Waals surface area contributed by atoms with Gasteiger partial charge in [0.25, 0.3) is 5.91 Å². The highest BCUT2D eigenvalue weighted by molar-refractivity contribution is 6.04. The zero-order valence-corrected chi connectivity index (χ0v) is 15.8. The Hall–Kier alpha value is -2.66. The van der Waals surface area contributed by atoms with Crippen LogP contribution in [0.3, 0.4) is 0 Å². The molecule has 0 saturated carbocycles. The van der Waals surface area contributed by atoms with Crippen LogP contribution in [0, 0.1) is 5.92 Å². The fourth-order valence-electron chi connectivity index (χ4n) is 3.47. The van der Waals surface area contributed by atoms with Crippen molar-refractivity contribution in [1.29, 1.82) is 0 Å². The Labute approximate surface area is 160 Å². The summed E-state index contributed by atoms with van der Waals surface area (Å²) < 4.78 is 0. The molecule has 1 atom stereocenters. The van der Waals surface area contributed by atoms with E-state index in [9.17, 15) is 9.59 Å². The number of para-hydroxylation sites is 1. The third-order valence-electron chi connectivity index (χ3n) is 4.97. The van der Waals surface area contributed by atoms with E-state index >= 15 is 0 Å². The van der Waals surface area contributed by atoms with E-state index in [1.807, 2.05) is 49.5 Å². The van der Waals surface area contributed by atoms with Crippen molar-refractivity contribution >= 4 is 17.5 Å². The lowest BCUT2D eigenvalue weighted by atomic mass is 9.97. The molecule has 3 rings (SSSR count). The third kappa shape index (κ3) is 5.41. The number of amides is 2. The number of nitrogens with zero attached hydrogens (tertiary/aromatic N) is 1. The van der Waals surface area contributed by atoms with Gasteiger partial charge in [-0.1, -0.05) is 42.5 Å². The Balaban J connectivity index is 1.59. The van der Waals surface area contributed by atoms with Gasteiger partial charge in [-0.05, 0) is 50.6 Å². The van der Waals surface area contributed by atoms with Crippen molar-refractivity contribution in [2.45, 2.75) is 19.3 Å². The van der Waals surface area contributed by atoms with Crippen LogP contribution < -0.4 is 10.6 Å². The topological polar surface area (TPSA) is 61.4 Å². The van der Waals surface area contributed by atoms with Crippen molar-refractivity contribution in [2.24, 2.45) is 5.92 Å². The van der Waals surface area contributed by atoms with E-state index in [2.05, 4.69) is 15.5 Å². The average molecular weight is 365 g/mol. The van der Waals surface area contributed by atoms with Crippen LogP contribution in [-0.2, 0) is 11.2 Å². The first kappa shape index (κ1) is 19.1. The van der Waals surface area contributed by atoms with Crippen molar-refractivity contribution < 1.29 is 9.59 Å². The van der Waals surface area contributed by atoms with E-state index < -0.39 is 0 Å². The van der Waals surface area contributed by atoms with Gasteiger partial charge in [0.2, 0.25) is 5.91 Å². The Kier molecular flexibility index (Phi) is 6.60. The zero-order chi connectivity index (χ0) is 19.1. The second kappa shape index (κ2) is 9.33. The van der Waals surface area contributed by atoms with Crippen LogP contribution in [0.15, 0.2) is 54.6 Å². The molecule has 1 saturated heterocycles. The van der Waals surface area contributed by atoms with Crippen molar-refractivity contribution in [3.8, 4) is 0 Å². The van der Waals surface area contributed by atoms with Crippen LogP contribution in [0.2, 0.25) is 0 Å². The molecule has 1 aliphatic heterocycles. The molecule has 0 aliphatic carbocycles. The van der Waals surface area contributed by atoms with Gasteiger partial charge in [0, 0.05) is 13.1 Å². The van der Waals surface area contributed by atoms with E-state index in [1.54, 1.807) is 12.1 Å². The smallest absolute Gasteiger partial charge is 0.253 e. The van der Waals surface area contributed by atoms with Gasteiger partial charge in [-0.25, -0.2) is 0 Å². The predicted molar refractivity (Wildman–Crippen MR) is 108 cm³/mol. The number of carbonyl (C=O) groups is 2. The Morgan fingerprint density at radius 3 is 2.59 bits per heavy atom. The van der Waals surface area contributed by atoms with E-state index in [4.69, 9.17) is 0 Å². The Bertz CT molecular complexity index is 776. The molecule has 142 valence electrons. The van der Waals surface area contributed by atoms with Crippen LogP contribution in [0.1, 0.15) is 28.8 Å². The number of hydrogen-bond donors (Lipinski definition) is 2. The Morgan fingerprint density at radius 1 is 1.07 bits per heavy atom. The molecule has 2 aromatic rings. The molecule has 1 fully saturated rings. The number of benzene rings is 2. The molecule has 1 heterocycles. The van der Waals surface area contributed by atoms with Crippen molar-refractivity contribution in [3.63, 3.8) is 0 Å². The summed E-state index contributed by atoms with van der Waals surface area (Å²) in [6.45, 7) is 2.35. The highest BCUT2D eigenvalue weighted by Crippen LogP contribution is 2.20. The van der Waals surface area contributed by atoms with Gasteiger partial charge in [-0.3, -0.25) is 9.59 Å². The minimum absolute atomic E-state index is 0.00825. The van der Waals surface area contributed by atoms with E-state index in [0.29, 0.717) is 17.8 Å². The Morgan fingerprint density at radius 2 is 1.81 bits per heavy atom. The van der Waals surface area contributed by atoms with Crippen LogP contribution in [0.4, 0.5) is 5.69 Å². The van der Waals surface area contributed by atoms with Crippen LogP contribution in [0.25, 0.3) is 0 Å². The third-order valence-corrected chi connectivity index (χ3v) is 4.97. The zero-order valence-electron chi connectivity index (χ0n) is 15.8. The lowest BCUT2D eigenvalue weighted by Crippen LogP contribution is -2.38. The minimum Gasteiger partial charge on any atom is -0.352 e. The molecule has 27 heavy (non-hydrogen) atoms. The fraction of sp³-hybridized carbons (Fsp3) is 0.364. The number of hydrogen-bond acceptors (Lipinski definition) is 3. The van der Waals surface area contributed by atoms with Gasteiger partial charge in [0.15, 0.2) is 0 Å². The molecule has 2 aromatic carbocycles. The molecular weight excluding hydrogens is 338 g/mol. The molecule has 5 nitrogen and oxygen atoms in total. The number of carbonyl (C=O) groups excluding carboxylic acids is 2. The van der Waals surface area contributed by atoms with Gasteiger partial charge in [-0.2, -0.15) is 0 Å². The molecule has 0 radical (unpaired) electrons. The molecule has 0 bridgehead atoms. The van der Waals surface area contributed by atoms with Gasteiger partial charge in [0.1, 0.15) is 0 Å². The average Bonchev–Trinajstić information content (AvgIpc) is 2.69. The maximum atomic E-state index is 12.6. The quantitative estimate of drug-likeness (QED) is 0.827. The maximum absolute atomic E-state index is 12.6. The molecule has 0 unspecified atom stereocenters. The highest BCUT2D eigenvalue weighted by atomic mass is 16.2. The van der Waals surface area contributed by atoms with Crippen LogP contribution in [0.5, 0.6) is 0 Å². The van der Waals surface area contributed by atoms with Crippen LogP contribution >= 0.6 is 0 Å². The summed E-state index contributed by atoms with van der Waals surface area (Å²) in [5.74, 6) is -0.202. The molecule has 2 N–H and O–H groups in total. The summed E-state index contributed by atoms with van der Waals surface area (Å²) >= 11 is 0. The molecule has 0 aromatic heterocycles. The fourth-order valence-corrected chi connectivity index (χ4v) is 3.47. The number of rotatable bonds is 6. The number of anilines is 1. The maximum Gasteiger partial charge on any atom is 0.253 e. The molecule has 2 amide bonds. The SMILES string of the molecule is CN1CCC[C@@H](C(=O)Nc2ccccc2C(=O)NCCc2ccccc2)C1. The summed E-state index contributed by atoms with van der Waals surface area (Å²) in [5.41, 5.74) is 2.26. The highest BCUT2D eigenvalue weighted by Gasteiger charge is 2.25. The van der Waals surface area contributed by atoms with Crippen molar-refractivity contribution in [3.05, 3.63) is 65.7 Å². The van der Waals surface area contributed by atoms with Gasteiger partial charge >= 0.3 is 0 Å². The monoisotopic (exact) mass is 365 g/mol. The standard InChI is InChI=1S/C22H27N3O2/c1-25-15-7-10-18(16-25)21(26)24-20-12-6-5-11-19(20)22(27)23-14-13-17-8-3-2-4-9-17/h2-6,8-9,11-12,18H,7,10,13-16H2,1H3,(H,23,27)(H,24,26)/t18-/m1/s1. The normalized spacial score (nSPS) is 17.3. The summed E-state index contributed by atoms with van der Waals surface area (Å²) in [4.78, 5) is 27.4. The van der Waals surface area contributed by atoms with Crippen molar-refractivity contribution in [2.75, 3.05) is 32.0 Å². The first-order valence-electron chi connectivity index (χ1n) is 9.54. The molecule has 1 aliphatic rings. The largest absolute Gasteiger partial charge is 0.352 e. The summed E-state index contributed by atoms with van der Waals surface area (Å²) in [5, 5.41) is 5.91. The summed E-state index contributed by atoms with van der Waals surface area (Å²) in [6, 6.07) is 17.2. The first-order chi connectivity index (χ1) is 13.1. The summed E-state index contributed by atoms with van der Waals surface area (Å²) in [6.07, 6.45) is 2.69. The number of piperidine rings is 1. The molecule has 5 heteroatoms. The first-order valence-corrected chi connectivity index (χ1v) is 9.54. The predicted octanol–water partition coefficient (Wildman–Crippen LogP) is 2.94. The van der Waals surface area contributed by atoms with Gasteiger partial charge in [-0.15, -0.1) is 0 Å². The lowest BCUT2D eigenvalue weighted by Gasteiger charge is -2.28. The molecular formula is C22H27N3O2. The van der Waals surface area contributed by atoms with E-state index in [0.717, 1.165) is 32.4 Å². The molecule has 0 spiro atoms. The van der Waals surface area contributed by atoms with Gasteiger partial charge in [0.05, 0.1) is 17.2 Å². The van der Waals surface area contributed by atoms with E-state index in [-0.39, 0.29) is 17.7 Å². The second-order valence-electron chi connectivity index (χ2n) is 7.13. The second-order valence-corrected chi connectivity index (χ2v) is 7.13. The number of likely N-dealkylation sites (tertiary alicyclic amines) is 1. The van der Waals surface area contributed by atoms with E-state index in [1.165, 1.54) is 5.56 Å². The number of nitrogens with one attached hydrogen (secondary N) is 2. The lowest BCUT2D eigenvalue weighted by molar-refractivity contribution is -0.121. The minimum atomic E-state index is -0.164. The van der Waals surface area contributed by atoms with Crippen molar-refractivity contribution in [1.82, 2.24) is 10.2 Å². The van der Waals surface area contributed by atoms with Gasteiger partial charge < -0.3 is 15.5 Å².